The quantitative estimate of drug-likeness (QED) is 0.458. The van der Waals surface area contributed by atoms with E-state index >= 15 is 0 Å². The highest BCUT2D eigenvalue weighted by molar-refractivity contribution is 5.96. The van der Waals surface area contributed by atoms with Crippen molar-refractivity contribution in [3.8, 4) is 0 Å². The minimum atomic E-state index is -0.448. The van der Waals surface area contributed by atoms with E-state index in [1.54, 1.807) is 25.1 Å². The summed E-state index contributed by atoms with van der Waals surface area (Å²) in [5.74, 6) is 0.343. The van der Waals surface area contributed by atoms with Crippen molar-refractivity contribution in [1.29, 1.82) is 0 Å². The Morgan fingerprint density at radius 1 is 1.33 bits per heavy atom. The molecule has 0 atom stereocenters. The second kappa shape index (κ2) is 7.58. The fraction of sp³-hybridized carbons (Fsp3) is 0.375. The zero-order valence-corrected chi connectivity index (χ0v) is 13.8. The van der Waals surface area contributed by atoms with Crippen LogP contribution in [0.3, 0.4) is 0 Å². The van der Waals surface area contributed by atoms with Crippen LogP contribution in [0.1, 0.15) is 41.6 Å². The Labute approximate surface area is 139 Å². The Bertz CT molecular complexity index is 739. The summed E-state index contributed by atoms with van der Waals surface area (Å²) in [4.78, 5) is 22.8. The van der Waals surface area contributed by atoms with Crippen molar-refractivity contribution in [2.45, 2.75) is 26.7 Å². The van der Waals surface area contributed by atoms with Crippen LogP contribution in [0.2, 0.25) is 0 Å². The number of carbonyl (C=O) groups is 1. The molecule has 1 aromatic carbocycles. The minimum Gasteiger partial charge on any atom is -0.378 e. The number of aryl methyl sites for hydroxylation is 1. The van der Waals surface area contributed by atoms with Gasteiger partial charge in [0.2, 0.25) is 0 Å². The highest BCUT2D eigenvalue weighted by Gasteiger charge is 2.22. The van der Waals surface area contributed by atoms with Gasteiger partial charge in [0.25, 0.3) is 11.6 Å². The summed E-state index contributed by atoms with van der Waals surface area (Å²) in [5, 5.41) is 20.5. The molecule has 2 rings (SSSR count). The molecule has 2 aromatic rings. The third-order valence-corrected chi connectivity index (χ3v) is 3.47. The van der Waals surface area contributed by atoms with Crippen LogP contribution < -0.4 is 10.6 Å². The lowest BCUT2D eigenvalue weighted by molar-refractivity contribution is -0.384. The Hall–Kier alpha value is -2.90. The number of hydrogen-bond acceptors (Lipinski definition) is 6. The lowest BCUT2D eigenvalue weighted by Gasteiger charge is -2.09. The van der Waals surface area contributed by atoms with E-state index in [0.29, 0.717) is 35.8 Å². The largest absolute Gasteiger partial charge is 0.378 e. The van der Waals surface area contributed by atoms with Crippen molar-refractivity contribution in [3.63, 3.8) is 0 Å². The first-order valence-corrected chi connectivity index (χ1v) is 7.63. The number of benzene rings is 1. The number of nitrogens with zero attached hydrogens (tertiary/aromatic N) is 2. The predicted octanol–water partition coefficient (Wildman–Crippen LogP) is 2.86. The van der Waals surface area contributed by atoms with Gasteiger partial charge < -0.3 is 15.2 Å². The maximum absolute atomic E-state index is 12.3. The number of anilines is 1. The summed E-state index contributed by atoms with van der Waals surface area (Å²) >= 11 is 0. The van der Waals surface area contributed by atoms with E-state index in [9.17, 15) is 14.9 Å². The van der Waals surface area contributed by atoms with Gasteiger partial charge in [0.05, 0.1) is 10.6 Å². The molecule has 24 heavy (non-hydrogen) atoms. The third kappa shape index (κ3) is 3.89. The molecule has 1 heterocycles. The van der Waals surface area contributed by atoms with Gasteiger partial charge in [0, 0.05) is 25.1 Å². The van der Waals surface area contributed by atoms with Crippen LogP contribution in [-0.2, 0) is 0 Å². The van der Waals surface area contributed by atoms with E-state index in [1.807, 2.05) is 13.8 Å². The molecule has 0 saturated heterocycles. The van der Waals surface area contributed by atoms with E-state index in [4.69, 9.17) is 4.52 Å². The average Bonchev–Trinajstić information content (AvgIpc) is 2.93. The van der Waals surface area contributed by atoms with Crippen molar-refractivity contribution in [2.75, 3.05) is 18.4 Å². The Kier molecular flexibility index (Phi) is 5.51. The first kappa shape index (κ1) is 17.5. The topological polar surface area (TPSA) is 110 Å². The molecule has 8 heteroatoms. The first-order valence-electron chi connectivity index (χ1n) is 7.63. The van der Waals surface area contributed by atoms with Crippen LogP contribution in [-0.4, -0.2) is 29.1 Å². The molecule has 0 saturated carbocycles. The molecule has 0 fully saturated rings. The van der Waals surface area contributed by atoms with E-state index < -0.39 is 4.92 Å². The molecular formula is C16H20N4O4. The highest BCUT2D eigenvalue weighted by atomic mass is 16.6. The molecule has 128 valence electrons. The number of aromatic nitrogens is 1. The normalized spacial score (nSPS) is 10.7. The van der Waals surface area contributed by atoms with Crippen molar-refractivity contribution in [1.82, 2.24) is 10.5 Å². The second-order valence-corrected chi connectivity index (χ2v) is 5.62. The van der Waals surface area contributed by atoms with Crippen LogP contribution in [0.5, 0.6) is 0 Å². The predicted molar refractivity (Wildman–Crippen MR) is 89.2 cm³/mol. The van der Waals surface area contributed by atoms with Gasteiger partial charge in [0.1, 0.15) is 11.3 Å². The molecule has 0 bridgehead atoms. The molecular weight excluding hydrogens is 312 g/mol. The Morgan fingerprint density at radius 2 is 2.04 bits per heavy atom. The molecule has 0 unspecified atom stereocenters. The summed E-state index contributed by atoms with van der Waals surface area (Å²) < 4.78 is 5.19. The van der Waals surface area contributed by atoms with Crippen molar-refractivity contribution >= 4 is 17.3 Å². The summed E-state index contributed by atoms with van der Waals surface area (Å²) in [6.07, 6.45) is 0. The molecule has 0 aliphatic rings. The third-order valence-electron chi connectivity index (χ3n) is 3.47. The molecule has 8 nitrogen and oxygen atoms in total. The van der Waals surface area contributed by atoms with Gasteiger partial charge in [0.15, 0.2) is 5.76 Å². The number of rotatable bonds is 7. The zero-order chi connectivity index (χ0) is 17.7. The minimum absolute atomic E-state index is 0.000740. The molecule has 0 aliphatic heterocycles. The second-order valence-electron chi connectivity index (χ2n) is 5.62. The SMILES string of the molecule is Cc1noc(C(C)C)c1C(=O)NCCNc1ccccc1[N+](=O)[O-]. The fourth-order valence-electron chi connectivity index (χ4n) is 2.30. The maximum Gasteiger partial charge on any atom is 0.292 e. The summed E-state index contributed by atoms with van der Waals surface area (Å²) in [7, 11) is 0. The standard InChI is InChI=1S/C16H20N4O4/c1-10(2)15-14(11(3)19-24-15)16(21)18-9-8-17-12-6-4-5-7-13(12)20(22)23/h4-7,10,17H,8-9H2,1-3H3,(H,18,21). The van der Waals surface area contributed by atoms with Crippen molar-refractivity contribution < 1.29 is 14.2 Å². The van der Waals surface area contributed by atoms with Gasteiger partial charge in [-0.05, 0) is 13.0 Å². The Balaban J connectivity index is 1.93. The maximum atomic E-state index is 12.3. The van der Waals surface area contributed by atoms with Gasteiger partial charge >= 0.3 is 0 Å². The number of nitrogens with one attached hydrogen (secondary N) is 2. The molecule has 1 aromatic heterocycles. The van der Waals surface area contributed by atoms with Gasteiger partial charge in [-0.25, -0.2) is 0 Å². The number of nitro groups is 1. The van der Waals surface area contributed by atoms with Crippen molar-refractivity contribution in [3.05, 3.63) is 51.4 Å². The lowest BCUT2D eigenvalue weighted by Crippen LogP contribution is -2.29. The van der Waals surface area contributed by atoms with Crippen LogP contribution in [0.25, 0.3) is 0 Å². The van der Waals surface area contributed by atoms with E-state index in [0.717, 1.165) is 0 Å². The molecule has 0 aliphatic carbocycles. The van der Waals surface area contributed by atoms with Crippen LogP contribution >= 0.6 is 0 Å². The van der Waals surface area contributed by atoms with Gasteiger partial charge in [-0.3, -0.25) is 14.9 Å². The average molecular weight is 332 g/mol. The van der Waals surface area contributed by atoms with Crippen LogP contribution in [0, 0.1) is 17.0 Å². The number of hydrogen-bond donors (Lipinski definition) is 2. The number of amides is 1. The Morgan fingerprint density at radius 3 is 2.71 bits per heavy atom. The molecule has 0 spiro atoms. The monoisotopic (exact) mass is 332 g/mol. The number of nitro benzene ring substituents is 1. The molecule has 2 N–H and O–H groups in total. The summed E-state index contributed by atoms with van der Waals surface area (Å²) in [6, 6.07) is 6.37. The first-order chi connectivity index (χ1) is 11.4. The highest BCUT2D eigenvalue weighted by Crippen LogP contribution is 2.23. The number of carbonyl (C=O) groups excluding carboxylic acids is 1. The summed E-state index contributed by atoms with van der Waals surface area (Å²) in [5.41, 5.74) is 1.42. The summed E-state index contributed by atoms with van der Waals surface area (Å²) in [6.45, 7) is 6.24. The van der Waals surface area contributed by atoms with Crippen LogP contribution in [0.15, 0.2) is 28.8 Å². The van der Waals surface area contributed by atoms with Gasteiger partial charge in [-0.1, -0.05) is 31.1 Å². The van der Waals surface area contributed by atoms with Crippen molar-refractivity contribution in [2.24, 2.45) is 0 Å². The zero-order valence-electron chi connectivity index (χ0n) is 13.8. The fourth-order valence-corrected chi connectivity index (χ4v) is 2.30. The lowest BCUT2D eigenvalue weighted by atomic mass is 10.0. The van der Waals surface area contributed by atoms with E-state index in [2.05, 4.69) is 15.8 Å². The van der Waals surface area contributed by atoms with Gasteiger partial charge in [-0.15, -0.1) is 0 Å². The number of para-hydroxylation sites is 2. The smallest absolute Gasteiger partial charge is 0.292 e. The molecule has 0 radical (unpaired) electrons. The van der Waals surface area contributed by atoms with E-state index in [-0.39, 0.29) is 17.5 Å². The van der Waals surface area contributed by atoms with Crippen LogP contribution in [0.4, 0.5) is 11.4 Å². The van der Waals surface area contributed by atoms with E-state index in [1.165, 1.54) is 6.07 Å². The molecule has 1 amide bonds. The van der Waals surface area contributed by atoms with Gasteiger partial charge in [-0.2, -0.15) is 0 Å².